The predicted molar refractivity (Wildman–Crippen MR) is 91.1 cm³/mol. The molecule has 0 saturated heterocycles. The van der Waals surface area contributed by atoms with Crippen LogP contribution in [0.3, 0.4) is 0 Å². The minimum Gasteiger partial charge on any atom is -0.497 e. The van der Waals surface area contributed by atoms with E-state index >= 15 is 0 Å². The molecule has 0 aliphatic rings. The first-order valence-electron chi connectivity index (χ1n) is 7.47. The Kier molecular flexibility index (Phi) is 6.65. The molecule has 0 aliphatic carbocycles. The Morgan fingerprint density at radius 3 is 2.36 bits per heavy atom. The maximum Gasteiger partial charge on any atom is 0.344 e. The van der Waals surface area contributed by atoms with Crippen molar-refractivity contribution in [3.8, 4) is 17.2 Å². The van der Waals surface area contributed by atoms with Gasteiger partial charge in [-0.25, -0.2) is 4.79 Å². The van der Waals surface area contributed by atoms with E-state index in [-0.39, 0.29) is 6.61 Å². The molecule has 7 heteroatoms. The van der Waals surface area contributed by atoms with Gasteiger partial charge in [0.1, 0.15) is 17.2 Å². The van der Waals surface area contributed by atoms with E-state index in [1.165, 1.54) is 14.2 Å². The fourth-order valence-electron chi connectivity index (χ4n) is 1.94. The zero-order valence-electron chi connectivity index (χ0n) is 14.0. The Labute approximate surface area is 145 Å². The van der Waals surface area contributed by atoms with Gasteiger partial charge in [-0.3, -0.25) is 4.79 Å². The smallest absolute Gasteiger partial charge is 0.344 e. The van der Waals surface area contributed by atoms with Crippen LogP contribution in [0.1, 0.15) is 0 Å². The predicted octanol–water partition coefficient (Wildman–Crippen LogP) is 2.26. The van der Waals surface area contributed by atoms with E-state index in [0.29, 0.717) is 22.9 Å². The lowest BCUT2D eigenvalue weighted by Crippen LogP contribution is -2.23. The molecule has 0 unspecified atom stereocenters. The summed E-state index contributed by atoms with van der Waals surface area (Å²) in [4.78, 5) is 23.6. The van der Waals surface area contributed by atoms with Gasteiger partial charge in [0.2, 0.25) is 0 Å². The molecule has 0 spiro atoms. The number of benzene rings is 2. The van der Waals surface area contributed by atoms with E-state index < -0.39 is 18.5 Å². The first-order chi connectivity index (χ1) is 12.1. The molecule has 0 heterocycles. The maximum absolute atomic E-state index is 11.9. The number of carbonyl (C=O) groups is 2. The quantitative estimate of drug-likeness (QED) is 0.739. The third-order valence-corrected chi connectivity index (χ3v) is 3.14. The molecule has 0 bridgehead atoms. The van der Waals surface area contributed by atoms with Gasteiger partial charge in [-0.05, 0) is 24.3 Å². The monoisotopic (exact) mass is 345 g/mol. The van der Waals surface area contributed by atoms with Crippen molar-refractivity contribution in [1.82, 2.24) is 0 Å². The summed E-state index contributed by atoms with van der Waals surface area (Å²) in [5, 5.41) is 2.60. The van der Waals surface area contributed by atoms with Gasteiger partial charge in [-0.1, -0.05) is 18.2 Å². The molecule has 7 nitrogen and oxygen atoms in total. The van der Waals surface area contributed by atoms with E-state index in [2.05, 4.69) is 5.32 Å². The first kappa shape index (κ1) is 18.1. The molecule has 0 saturated carbocycles. The summed E-state index contributed by atoms with van der Waals surface area (Å²) >= 11 is 0. The summed E-state index contributed by atoms with van der Waals surface area (Å²) in [6.07, 6.45) is 0. The van der Waals surface area contributed by atoms with Gasteiger partial charge >= 0.3 is 5.97 Å². The maximum atomic E-state index is 11.9. The molecular formula is C18H19NO6. The largest absolute Gasteiger partial charge is 0.497 e. The SMILES string of the molecule is COc1ccc(OC)c(NC(=O)COC(=O)COc2ccccc2)c1. The van der Waals surface area contributed by atoms with Crippen LogP contribution in [0.5, 0.6) is 17.2 Å². The van der Waals surface area contributed by atoms with Crippen LogP contribution in [0.15, 0.2) is 48.5 Å². The minimum atomic E-state index is -0.642. The highest BCUT2D eigenvalue weighted by molar-refractivity contribution is 5.94. The van der Waals surface area contributed by atoms with E-state index in [1.54, 1.807) is 42.5 Å². The molecule has 2 aromatic carbocycles. The van der Waals surface area contributed by atoms with Crippen molar-refractivity contribution in [2.45, 2.75) is 0 Å². The molecule has 0 radical (unpaired) electrons. The Morgan fingerprint density at radius 1 is 0.920 bits per heavy atom. The topological polar surface area (TPSA) is 83.1 Å². The Hall–Kier alpha value is -3.22. The van der Waals surface area contributed by atoms with Gasteiger partial charge in [0.05, 0.1) is 19.9 Å². The molecule has 0 aromatic heterocycles. The van der Waals surface area contributed by atoms with Crippen molar-refractivity contribution >= 4 is 17.6 Å². The van der Waals surface area contributed by atoms with E-state index in [0.717, 1.165) is 0 Å². The number of carbonyl (C=O) groups excluding carboxylic acids is 2. The summed E-state index contributed by atoms with van der Waals surface area (Å²) in [5.41, 5.74) is 0.420. The third-order valence-electron chi connectivity index (χ3n) is 3.14. The first-order valence-corrected chi connectivity index (χ1v) is 7.47. The average molecular weight is 345 g/mol. The van der Waals surface area contributed by atoms with Crippen LogP contribution in [0.25, 0.3) is 0 Å². The van der Waals surface area contributed by atoms with Crippen LogP contribution in [0.2, 0.25) is 0 Å². The molecule has 1 N–H and O–H groups in total. The van der Waals surface area contributed by atoms with Gasteiger partial charge in [-0.2, -0.15) is 0 Å². The number of hydrogen-bond donors (Lipinski definition) is 1. The lowest BCUT2D eigenvalue weighted by atomic mass is 10.2. The highest BCUT2D eigenvalue weighted by Crippen LogP contribution is 2.28. The summed E-state index contributed by atoms with van der Waals surface area (Å²) < 4.78 is 20.4. The van der Waals surface area contributed by atoms with Crippen LogP contribution in [0.4, 0.5) is 5.69 Å². The van der Waals surface area contributed by atoms with E-state index in [4.69, 9.17) is 18.9 Å². The van der Waals surface area contributed by atoms with Crippen LogP contribution in [0, 0.1) is 0 Å². The van der Waals surface area contributed by atoms with Gasteiger partial charge < -0.3 is 24.3 Å². The van der Waals surface area contributed by atoms with Crippen LogP contribution in [-0.4, -0.2) is 39.3 Å². The van der Waals surface area contributed by atoms with Gasteiger partial charge in [0, 0.05) is 6.07 Å². The van der Waals surface area contributed by atoms with Crippen molar-refractivity contribution in [2.75, 3.05) is 32.8 Å². The number of anilines is 1. The summed E-state index contributed by atoms with van der Waals surface area (Å²) in [6, 6.07) is 13.8. The molecule has 0 atom stereocenters. The van der Waals surface area contributed by atoms with Crippen molar-refractivity contribution < 1.29 is 28.5 Å². The standard InChI is InChI=1S/C18H19NO6/c1-22-14-8-9-16(23-2)15(10-14)19-17(20)11-25-18(21)12-24-13-6-4-3-5-7-13/h3-10H,11-12H2,1-2H3,(H,19,20). The third kappa shape index (κ3) is 5.72. The fraction of sp³-hybridized carbons (Fsp3) is 0.222. The van der Waals surface area contributed by atoms with Crippen molar-refractivity contribution in [2.24, 2.45) is 0 Å². The highest BCUT2D eigenvalue weighted by Gasteiger charge is 2.12. The lowest BCUT2D eigenvalue weighted by Gasteiger charge is -2.12. The highest BCUT2D eigenvalue weighted by atomic mass is 16.6. The molecule has 132 valence electrons. The Balaban J connectivity index is 1.81. The fourth-order valence-corrected chi connectivity index (χ4v) is 1.94. The summed E-state index contributed by atoms with van der Waals surface area (Å²) in [6.45, 7) is -0.711. The lowest BCUT2D eigenvalue weighted by molar-refractivity contribution is -0.149. The number of esters is 1. The van der Waals surface area contributed by atoms with Crippen molar-refractivity contribution in [1.29, 1.82) is 0 Å². The second-order valence-electron chi connectivity index (χ2n) is 4.88. The molecule has 2 aromatic rings. The number of rotatable bonds is 8. The normalized spacial score (nSPS) is 9.84. The second kappa shape index (κ2) is 9.17. The number of methoxy groups -OCH3 is 2. The number of nitrogens with one attached hydrogen (secondary N) is 1. The van der Waals surface area contributed by atoms with Crippen LogP contribution >= 0.6 is 0 Å². The number of para-hydroxylation sites is 1. The zero-order chi connectivity index (χ0) is 18.1. The molecular weight excluding hydrogens is 326 g/mol. The average Bonchev–Trinajstić information content (AvgIpc) is 2.65. The van der Waals surface area contributed by atoms with Gasteiger partial charge in [0.25, 0.3) is 5.91 Å². The summed E-state index contributed by atoms with van der Waals surface area (Å²) in [7, 11) is 3.00. The van der Waals surface area contributed by atoms with Crippen molar-refractivity contribution in [3.05, 3.63) is 48.5 Å². The van der Waals surface area contributed by atoms with Gasteiger partial charge in [0.15, 0.2) is 13.2 Å². The molecule has 0 aliphatic heterocycles. The van der Waals surface area contributed by atoms with Crippen LogP contribution in [-0.2, 0) is 14.3 Å². The molecule has 2 rings (SSSR count). The number of amides is 1. The minimum absolute atomic E-state index is 0.278. The number of hydrogen-bond acceptors (Lipinski definition) is 6. The Morgan fingerprint density at radius 2 is 1.68 bits per heavy atom. The zero-order valence-corrected chi connectivity index (χ0v) is 14.0. The van der Waals surface area contributed by atoms with Crippen molar-refractivity contribution in [3.63, 3.8) is 0 Å². The molecule has 0 fully saturated rings. The number of ether oxygens (including phenoxy) is 4. The second-order valence-corrected chi connectivity index (χ2v) is 4.88. The van der Waals surface area contributed by atoms with E-state index in [9.17, 15) is 9.59 Å². The van der Waals surface area contributed by atoms with E-state index in [1.807, 2.05) is 6.07 Å². The van der Waals surface area contributed by atoms with Crippen LogP contribution < -0.4 is 19.5 Å². The molecule has 25 heavy (non-hydrogen) atoms. The van der Waals surface area contributed by atoms with Gasteiger partial charge in [-0.15, -0.1) is 0 Å². The summed E-state index contributed by atoms with van der Waals surface area (Å²) in [5.74, 6) is 0.429. The Bertz CT molecular complexity index is 717. The molecule has 1 amide bonds.